The minimum Gasteiger partial charge on any atom is -0.399 e. The van der Waals surface area contributed by atoms with E-state index in [9.17, 15) is 0 Å². The van der Waals surface area contributed by atoms with Crippen molar-refractivity contribution in [1.29, 1.82) is 0 Å². The number of fused-ring (bicyclic) bond motifs is 2. The summed E-state index contributed by atoms with van der Waals surface area (Å²) in [6, 6.07) is 9.54. The SMILES string of the molecule is Cc1c(-c2ccc(N)cc2)cc2c(N)c1OO2. The Morgan fingerprint density at radius 1 is 1.00 bits per heavy atom. The van der Waals surface area contributed by atoms with Gasteiger partial charge in [0, 0.05) is 11.3 Å². The maximum absolute atomic E-state index is 5.85. The van der Waals surface area contributed by atoms with Crippen molar-refractivity contribution >= 4 is 11.4 Å². The Labute approximate surface area is 98.7 Å². The van der Waals surface area contributed by atoms with Crippen LogP contribution in [0, 0.1) is 6.92 Å². The Morgan fingerprint density at radius 2 is 1.71 bits per heavy atom. The minimum atomic E-state index is 0.557. The molecule has 86 valence electrons. The lowest BCUT2D eigenvalue weighted by molar-refractivity contribution is -0.0851. The van der Waals surface area contributed by atoms with Gasteiger partial charge in [0.2, 0.25) is 11.5 Å². The molecule has 0 amide bonds. The quantitative estimate of drug-likeness (QED) is 0.581. The van der Waals surface area contributed by atoms with E-state index in [1.54, 1.807) is 0 Å². The molecule has 0 aliphatic carbocycles. The molecule has 4 nitrogen and oxygen atoms in total. The summed E-state index contributed by atoms with van der Waals surface area (Å²) in [6.07, 6.45) is 0. The van der Waals surface area contributed by atoms with Crippen molar-refractivity contribution in [2.75, 3.05) is 11.5 Å². The minimum absolute atomic E-state index is 0.557. The normalized spacial score (nSPS) is 12.1. The zero-order chi connectivity index (χ0) is 12.0. The van der Waals surface area contributed by atoms with E-state index < -0.39 is 0 Å². The highest BCUT2D eigenvalue weighted by Crippen LogP contribution is 2.45. The van der Waals surface area contributed by atoms with Gasteiger partial charge < -0.3 is 11.5 Å². The molecule has 2 aromatic carbocycles. The molecule has 4 N–H and O–H groups in total. The third kappa shape index (κ3) is 1.38. The first-order valence-electron chi connectivity index (χ1n) is 5.30. The first kappa shape index (κ1) is 9.84. The van der Waals surface area contributed by atoms with Gasteiger partial charge in [0.25, 0.3) is 0 Å². The van der Waals surface area contributed by atoms with Gasteiger partial charge in [-0.2, -0.15) is 0 Å². The van der Waals surface area contributed by atoms with Gasteiger partial charge in [-0.05, 0) is 36.2 Å². The molecule has 2 aromatic rings. The molecule has 2 bridgehead atoms. The smallest absolute Gasteiger partial charge is 0.208 e. The van der Waals surface area contributed by atoms with Gasteiger partial charge in [-0.25, -0.2) is 0 Å². The van der Waals surface area contributed by atoms with E-state index in [0.29, 0.717) is 17.2 Å². The molecule has 0 radical (unpaired) electrons. The van der Waals surface area contributed by atoms with E-state index in [2.05, 4.69) is 0 Å². The van der Waals surface area contributed by atoms with Crippen molar-refractivity contribution in [3.63, 3.8) is 0 Å². The van der Waals surface area contributed by atoms with Crippen LogP contribution in [0.3, 0.4) is 0 Å². The van der Waals surface area contributed by atoms with Gasteiger partial charge in [-0.3, -0.25) is 9.78 Å². The molecule has 0 unspecified atom stereocenters. The van der Waals surface area contributed by atoms with Gasteiger partial charge in [-0.15, -0.1) is 0 Å². The van der Waals surface area contributed by atoms with Gasteiger partial charge in [0.1, 0.15) is 5.69 Å². The molecule has 17 heavy (non-hydrogen) atoms. The molecule has 0 fully saturated rings. The molecule has 0 saturated carbocycles. The van der Waals surface area contributed by atoms with E-state index in [4.69, 9.17) is 21.2 Å². The number of hydrogen-bond donors (Lipinski definition) is 2. The van der Waals surface area contributed by atoms with Gasteiger partial charge in [-0.1, -0.05) is 12.1 Å². The summed E-state index contributed by atoms with van der Waals surface area (Å²) in [5.74, 6) is 1.17. The van der Waals surface area contributed by atoms with Crippen molar-refractivity contribution in [2.45, 2.75) is 6.92 Å². The van der Waals surface area contributed by atoms with E-state index >= 15 is 0 Å². The highest BCUT2D eigenvalue weighted by molar-refractivity contribution is 5.80. The van der Waals surface area contributed by atoms with Crippen molar-refractivity contribution in [2.24, 2.45) is 0 Å². The topological polar surface area (TPSA) is 70.5 Å². The van der Waals surface area contributed by atoms with Crippen LogP contribution in [0.2, 0.25) is 0 Å². The van der Waals surface area contributed by atoms with Crippen LogP contribution in [0.4, 0.5) is 11.4 Å². The lowest BCUT2D eigenvalue weighted by Crippen LogP contribution is -1.92. The average Bonchev–Trinajstić information content (AvgIpc) is 2.58. The molecule has 1 heterocycles. The molecule has 0 spiro atoms. The van der Waals surface area contributed by atoms with Crippen LogP contribution in [-0.2, 0) is 0 Å². The Bertz CT molecular complexity index is 591. The van der Waals surface area contributed by atoms with Gasteiger partial charge >= 0.3 is 0 Å². The molecular formula is C13H12N2O2. The Balaban J connectivity index is 2.20. The van der Waals surface area contributed by atoms with Crippen LogP contribution in [0.25, 0.3) is 11.1 Å². The van der Waals surface area contributed by atoms with Crippen LogP contribution < -0.4 is 21.2 Å². The summed E-state index contributed by atoms with van der Waals surface area (Å²) in [4.78, 5) is 10.1. The fourth-order valence-corrected chi connectivity index (χ4v) is 1.98. The molecule has 0 atom stereocenters. The first-order chi connectivity index (χ1) is 8.16. The summed E-state index contributed by atoms with van der Waals surface area (Å²) in [7, 11) is 0. The number of nitrogens with two attached hydrogens (primary N) is 2. The van der Waals surface area contributed by atoms with E-state index in [-0.39, 0.29) is 0 Å². The van der Waals surface area contributed by atoms with Crippen LogP contribution in [-0.4, -0.2) is 0 Å². The molecule has 1 aliphatic rings. The monoisotopic (exact) mass is 228 g/mol. The van der Waals surface area contributed by atoms with E-state index in [0.717, 1.165) is 22.4 Å². The fraction of sp³-hybridized carbons (Fsp3) is 0.0769. The molecular weight excluding hydrogens is 216 g/mol. The van der Waals surface area contributed by atoms with Crippen molar-refractivity contribution in [3.8, 4) is 22.6 Å². The molecule has 0 saturated heterocycles. The predicted molar refractivity (Wildman–Crippen MR) is 66.7 cm³/mol. The van der Waals surface area contributed by atoms with Crippen molar-refractivity contribution in [3.05, 3.63) is 35.9 Å². The molecule has 0 aromatic heterocycles. The van der Waals surface area contributed by atoms with E-state index in [1.165, 1.54) is 0 Å². The average molecular weight is 228 g/mol. The zero-order valence-electron chi connectivity index (χ0n) is 9.36. The number of anilines is 2. The summed E-state index contributed by atoms with van der Waals surface area (Å²) >= 11 is 0. The number of nitrogen functional groups attached to an aromatic ring is 2. The van der Waals surface area contributed by atoms with Crippen LogP contribution in [0.15, 0.2) is 30.3 Å². The summed E-state index contributed by atoms with van der Waals surface area (Å²) in [5, 5.41) is 0. The standard InChI is InChI=1S/C13H12N2O2/c1-7-10(8-2-4-9(14)5-3-8)6-11-12(15)13(7)17-16-11/h2-6H,14-15H2,1H3. The van der Waals surface area contributed by atoms with Crippen molar-refractivity contribution in [1.82, 2.24) is 0 Å². The van der Waals surface area contributed by atoms with Gasteiger partial charge in [0.15, 0.2) is 0 Å². The molecule has 3 rings (SSSR count). The number of rotatable bonds is 1. The summed E-state index contributed by atoms with van der Waals surface area (Å²) in [5.41, 5.74) is 15.9. The fourth-order valence-electron chi connectivity index (χ4n) is 1.98. The Kier molecular flexibility index (Phi) is 1.92. The van der Waals surface area contributed by atoms with Gasteiger partial charge in [0.05, 0.1) is 0 Å². The van der Waals surface area contributed by atoms with E-state index in [1.807, 2.05) is 37.3 Å². The zero-order valence-corrected chi connectivity index (χ0v) is 9.36. The maximum atomic E-state index is 5.85. The summed E-state index contributed by atoms with van der Waals surface area (Å²) < 4.78 is 0. The van der Waals surface area contributed by atoms with Crippen LogP contribution in [0.5, 0.6) is 11.5 Å². The lowest BCUT2D eigenvalue weighted by Gasteiger charge is -2.06. The highest BCUT2D eigenvalue weighted by Gasteiger charge is 2.24. The maximum Gasteiger partial charge on any atom is 0.208 e. The second-order valence-electron chi connectivity index (χ2n) is 4.08. The Morgan fingerprint density at radius 3 is 2.41 bits per heavy atom. The predicted octanol–water partition coefficient (Wildman–Crippen LogP) is 2.51. The third-order valence-corrected chi connectivity index (χ3v) is 2.97. The number of benzene rings is 2. The first-order valence-corrected chi connectivity index (χ1v) is 5.30. The summed E-state index contributed by atoms with van der Waals surface area (Å²) in [6.45, 7) is 1.95. The second kappa shape index (κ2) is 3.31. The molecule has 4 heteroatoms. The molecule has 1 aliphatic heterocycles. The largest absolute Gasteiger partial charge is 0.399 e. The lowest BCUT2D eigenvalue weighted by atomic mass is 9.98. The van der Waals surface area contributed by atoms with Crippen LogP contribution >= 0.6 is 0 Å². The second-order valence-corrected chi connectivity index (χ2v) is 4.08. The Hall–Kier alpha value is -2.36. The third-order valence-electron chi connectivity index (χ3n) is 2.97. The van der Waals surface area contributed by atoms with Crippen molar-refractivity contribution < 1.29 is 9.78 Å². The highest BCUT2D eigenvalue weighted by atomic mass is 17.2. The number of hydrogen-bond acceptors (Lipinski definition) is 4. The van der Waals surface area contributed by atoms with Crippen LogP contribution in [0.1, 0.15) is 5.56 Å².